The number of hydrogen-bond acceptors (Lipinski definition) is 8. The van der Waals surface area contributed by atoms with E-state index in [0.717, 1.165) is 37.7 Å². The van der Waals surface area contributed by atoms with Gasteiger partial charge in [-0.25, -0.2) is 18.4 Å². The zero-order valence-electron chi connectivity index (χ0n) is 14.4. The summed E-state index contributed by atoms with van der Waals surface area (Å²) in [7, 11) is -3.83. The second kappa shape index (κ2) is 6.44. The summed E-state index contributed by atoms with van der Waals surface area (Å²) in [4.78, 5) is 11.2. The van der Waals surface area contributed by atoms with Crippen LogP contribution >= 0.6 is 11.7 Å². The van der Waals surface area contributed by atoms with Crippen molar-refractivity contribution in [3.8, 4) is 0 Å². The molecule has 0 atom stereocenters. The molecule has 1 aliphatic rings. The molecule has 3 aromatic rings. The fraction of sp³-hybridized carbons (Fsp3) is 0.375. The molecule has 26 heavy (non-hydrogen) atoms. The van der Waals surface area contributed by atoms with Gasteiger partial charge in [0.2, 0.25) is 5.95 Å². The summed E-state index contributed by atoms with van der Waals surface area (Å²) in [5, 5.41) is 0. The Kier molecular flexibility index (Phi) is 4.23. The van der Waals surface area contributed by atoms with Crippen LogP contribution in [0.25, 0.3) is 11.0 Å². The minimum Gasteiger partial charge on any atom is -0.341 e. The lowest BCUT2D eigenvalue weighted by Crippen LogP contribution is -2.22. The van der Waals surface area contributed by atoms with Gasteiger partial charge in [-0.2, -0.15) is 8.75 Å². The quantitative estimate of drug-likeness (QED) is 0.730. The fourth-order valence-corrected chi connectivity index (χ4v) is 5.04. The van der Waals surface area contributed by atoms with Crippen LogP contribution in [0.1, 0.15) is 24.2 Å². The van der Waals surface area contributed by atoms with Crippen LogP contribution in [0.5, 0.6) is 0 Å². The highest BCUT2D eigenvalue weighted by Gasteiger charge is 2.23. The SMILES string of the molecule is Cc1nc(N2CCCC2)nc(C)c1NS(=O)(=O)c1cccc2nsnc12. The number of benzene rings is 1. The van der Waals surface area contributed by atoms with Crippen molar-refractivity contribution < 1.29 is 8.42 Å². The van der Waals surface area contributed by atoms with Crippen LogP contribution in [0, 0.1) is 13.8 Å². The van der Waals surface area contributed by atoms with Crippen molar-refractivity contribution in [2.75, 3.05) is 22.7 Å². The van der Waals surface area contributed by atoms with Gasteiger partial charge in [-0.1, -0.05) is 6.07 Å². The van der Waals surface area contributed by atoms with Gasteiger partial charge >= 0.3 is 0 Å². The van der Waals surface area contributed by atoms with Crippen LogP contribution in [-0.2, 0) is 10.0 Å². The highest BCUT2D eigenvalue weighted by atomic mass is 32.2. The third-order valence-electron chi connectivity index (χ3n) is 4.42. The molecule has 10 heteroatoms. The Morgan fingerprint density at radius 3 is 2.46 bits per heavy atom. The molecule has 3 heterocycles. The lowest BCUT2D eigenvalue weighted by molar-refractivity contribution is 0.601. The van der Waals surface area contributed by atoms with Crippen molar-refractivity contribution in [2.24, 2.45) is 0 Å². The van der Waals surface area contributed by atoms with Crippen molar-refractivity contribution in [3.05, 3.63) is 29.6 Å². The Morgan fingerprint density at radius 2 is 1.77 bits per heavy atom. The van der Waals surface area contributed by atoms with Gasteiger partial charge in [0.25, 0.3) is 10.0 Å². The topological polar surface area (TPSA) is 101 Å². The largest absolute Gasteiger partial charge is 0.341 e. The summed E-state index contributed by atoms with van der Waals surface area (Å²) < 4.78 is 36.7. The normalized spacial score (nSPS) is 14.9. The molecule has 4 rings (SSSR count). The highest BCUT2D eigenvalue weighted by Crippen LogP contribution is 2.27. The molecule has 1 saturated heterocycles. The van der Waals surface area contributed by atoms with Gasteiger partial charge in [0.1, 0.15) is 15.9 Å². The number of hydrogen-bond donors (Lipinski definition) is 1. The van der Waals surface area contributed by atoms with E-state index in [-0.39, 0.29) is 4.90 Å². The molecule has 0 radical (unpaired) electrons. The van der Waals surface area contributed by atoms with E-state index < -0.39 is 10.0 Å². The van der Waals surface area contributed by atoms with Crippen molar-refractivity contribution in [1.82, 2.24) is 18.7 Å². The van der Waals surface area contributed by atoms with Crippen LogP contribution in [0.2, 0.25) is 0 Å². The Morgan fingerprint density at radius 1 is 1.08 bits per heavy atom. The Bertz CT molecular complexity index is 1050. The lowest BCUT2D eigenvalue weighted by atomic mass is 10.3. The molecule has 0 unspecified atom stereocenters. The third-order valence-corrected chi connectivity index (χ3v) is 6.35. The number of anilines is 2. The maximum absolute atomic E-state index is 12.9. The molecular formula is C16H18N6O2S2. The van der Waals surface area contributed by atoms with E-state index in [1.165, 1.54) is 6.07 Å². The molecule has 2 aromatic heterocycles. The molecule has 8 nitrogen and oxygen atoms in total. The highest BCUT2D eigenvalue weighted by molar-refractivity contribution is 7.93. The monoisotopic (exact) mass is 390 g/mol. The maximum Gasteiger partial charge on any atom is 0.264 e. The van der Waals surface area contributed by atoms with Crippen molar-refractivity contribution in [1.29, 1.82) is 0 Å². The molecule has 136 valence electrons. The molecule has 1 aromatic carbocycles. The van der Waals surface area contributed by atoms with E-state index in [9.17, 15) is 8.42 Å². The first-order valence-corrected chi connectivity index (χ1v) is 10.5. The fourth-order valence-electron chi connectivity index (χ4n) is 3.09. The van der Waals surface area contributed by atoms with E-state index in [4.69, 9.17) is 0 Å². The molecule has 0 spiro atoms. The third kappa shape index (κ3) is 2.99. The minimum absolute atomic E-state index is 0.103. The van der Waals surface area contributed by atoms with Crippen molar-refractivity contribution in [2.45, 2.75) is 31.6 Å². The zero-order chi connectivity index (χ0) is 18.3. The van der Waals surface area contributed by atoms with Crippen LogP contribution in [0.3, 0.4) is 0 Å². The Labute approximate surface area is 155 Å². The molecule has 0 aliphatic carbocycles. The van der Waals surface area contributed by atoms with Crippen LogP contribution in [-0.4, -0.2) is 40.2 Å². The summed E-state index contributed by atoms with van der Waals surface area (Å²) in [6.07, 6.45) is 2.25. The smallest absolute Gasteiger partial charge is 0.264 e. The number of sulfonamides is 1. The first kappa shape index (κ1) is 17.1. The van der Waals surface area contributed by atoms with Gasteiger partial charge in [-0.15, -0.1) is 0 Å². The molecule has 1 aliphatic heterocycles. The first-order valence-electron chi connectivity index (χ1n) is 8.30. The molecular weight excluding hydrogens is 372 g/mol. The molecule has 0 saturated carbocycles. The average Bonchev–Trinajstić information content (AvgIpc) is 3.28. The number of rotatable bonds is 4. The molecule has 0 amide bonds. The summed E-state index contributed by atoms with van der Waals surface area (Å²) in [6.45, 7) is 5.44. The van der Waals surface area contributed by atoms with Gasteiger partial charge < -0.3 is 4.90 Å². The molecule has 0 bridgehead atoms. The van der Waals surface area contributed by atoms with E-state index >= 15 is 0 Å². The Hall–Kier alpha value is -2.33. The lowest BCUT2D eigenvalue weighted by Gasteiger charge is -2.19. The maximum atomic E-state index is 12.9. The number of aromatic nitrogens is 4. The van der Waals surface area contributed by atoms with E-state index in [1.54, 1.807) is 26.0 Å². The van der Waals surface area contributed by atoms with Crippen LogP contribution < -0.4 is 9.62 Å². The van der Waals surface area contributed by atoms with Gasteiger partial charge in [0, 0.05) is 13.1 Å². The predicted octanol–water partition coefficient (Wildman–Crippen LogP) is 2.50. The summed E-state index contributed by atoms with van der Waals surface area (Å²) in [5.41, 5.74) is 2.55. The summed E-state index contributed by atoms with van der Waals surface area (Å²) in [5.74, 6) is 0.659. The zero-order valence-corrected chi connectivity index (χ0v) is 16.1. The second-order valence-corrected chi connectivity index (χ2v) is 8.44. The van der Waals surface area contributed by atoms with Crippen molar-refractivity contribution in [3.63, 3.8) is 0 Å². The number of fused-ring (bicyclic) bond motifs is 1. The van der Waals surface area contributed by atoms with E-state index in [1.807, 2.05) is 0 Å². The number of aryl methyl sites for hydroxylation is 2. The van der Waals surface area contributed by atoms with Gasteiger partial charge in [-0.3, -0.25) is 4.72 Å². The minimum atomic E-state index is -3.83. The standard InChI is InChI=1S/C16H18N6O2S2/c1-10-14(11(2)18-16(17-10)22-8-3-4-9-22)21-26(23,24)13-7-5-6-12-15(13)20-25-19-12/h5-7,21H,3-4,8-9H2,1-2H3. The molecule has 1 N–H and O–H groups in total. The number of nitrogens with one attached hydrogen (secondary N) is 1. The van der Waals surface area contributed by atoms with Crippen LogP contribution in [0.4, 0.5) is 11.6 Å². The second-order valence-electron chi connectivity index (χ2n) is 6.26. The summed E-state index contributed by atoms with van der Waals surface area (Å²) >= 11 is 0.989. The molecule has 1 fully saturated rings. The van der Waals surface area contributed by atoms with E-state index in [0.29, 0.717) is 34.1 Å². The van der Waals surface area contributed by atoms with Crippen LogP contribution in [0.15, 0.2) is 23.1 Å². The predicted molar refractivity (Wildman–Crippen MR) is 101 cm³/mol. The van der Waals surface area contributed by atoms with Gasteiger partial charge in [0.05, 0.1) is 28.8 Å². The first-order chi connectivity index (χ1) is 12.5. The van der Waals surface area contributed by atoms with Crippen molar-refractivity contribution >= 4 is 44.4 Å². The van der Waals surface area contributed by atoms with Gasteiger partial charge in [0.15, 0.2) is 0 Å². The Balaban J connectivity index is 1.71. The number of nitrogens with zero attached hydrogens (tertiary/aromatic N) is 5. The van der Waals surface area contributed by atoms with E-state index in [2.05, 4.69) is 28.3 Å². The van der Waals surface area contributed by atoms with Gasteiger partial charge in [-0.05, 0) is 38.8 Å². The average molecular weight is 390 g/mol. The summed E-state index contributed by atoms with van der Waals surface area (Å²) in [6, 6.07) is 4.92.